The average molecular weight is 281 g/mol. The molecule has 0 atom stereocenters. The number of hydrogen-bond donors (Lipinski definition) is 2. The van der Waals surface area contributed by atoms with Gasteiger partial charge in [0, 0.05) is 0 Å². The molecule has 2 N–H and O–H groups in total. The molecule has 4 nitrogen and oxygen atoms in total. The fraction of sp³-hybridized carbons (Fsp3) is 0.200. The van der Waals surface area contributed by atoms with Gasteiger partial charge in [0.15, 0.2) is 17.5 Å². The van der Waals surface area contributed by atoms with Crippen molar-refractivity contribution in [2.24, 2.45) is 0 Å². The van der Waals surface area contributed by atoms with Crippen molar-refractivity contribution >= 4 is 29.1 Å². The van der Waals surface area contributed by atoms with Crippen LogP contribution in [-0.2, 0) is 9.59 Å². The number of anilines is 1. The normalized spacial score (nSPS) is 10.0. The van der Waals surface area contributed by atoms with Gasteiger partial charge >= 0.3 is 0 Å². The van der Waals surface area contributed by atoms with Crippen molar-refractivity contribution in [3.05, 3.63) is 29.6 Å². The first-order valence-electron chi connectivity index (χ1n) is 4.71. The molecule has 18 heavy (non-hydrogen) atoms. The number of rotatable bonds is 4. The summed E-state index contributed by atoms with van der Waals surface area (Å²) in [6, 6.07) is 1.54. The average Bonchev–Trinajstić information content (AvgIpc) is 2.36. The van der Waals surface area contributed by atoms with Gasteiger partial charge in [0.2, 0.25) is 11.8 Å². The maximum absolute atomic E-state index is 13.1. The minimum Gasteiger partial charge on any atom is -0.346 e. The van der Waals surface area contributed by atoms with E-state index in [1.165, 1.54) is 0 Å². The number of nitrogens with one attached hydrogen (secondary N) is 2. The standard InChI is InChI=1S/C10H8ClF3N2O2/c11-3-7(17)15-4-8(18)16-6-2-1-5(12)9(13)10(6)14/h1-2H,3-4H2,(H,15,17)(H,16,18). The van der Waals surface area contributed by atoms with Crippen LogP contribution in [0.1, 0.15) is 0 Å². The molecule has 98 valence electrons. The summed E-state index contributed by atoms with van der Waals surface area (Å²) in [5.41, 5.74) is -0.515. The molecule has 0 heterocycles. The van der Waals surface area contributed by atoms with Gasteiger partial charge in [-0.25, -0.2) is 13.2 Å². The number of hydrogen-bond acceptors (Lipinski definition) is 2. The van der Waals surface area contributed by atoms with Gasteiger partial charge in [-0.2, -0.15) is 0 Å². The van der Waals surface area contributed by atoms with E-state index >= 15 is 0 Å². The number of alkyl halides is 1. The molecule has 0 aliphatic rings. The van der Waals surface area contributed by atoms with E-state index in [-0.39, 0.29) is 5.88 Å². The molecule has 0 fully saturated rings. The second-order valence-electron chi connectivity index (χ2n) is 3.18. The highest BCUT2D eigenvalue weighted by Crippen LogP contribution is 2.19. The zero-order valence-electron chi connectivity index (χ0n) is 8.90. The molecule has 0 saturated heterocycles. The van der Waals surface area contributed by atoms with Crippen molar-refractivity contribution in [2.75, 3.05) is 17.7 Å². The Balaban J connectivity index is 2.65. The minimum absolute atomic E-state index is 0.327. The van der Waals surface area contributed by atoms with Crippen LogP contribution in [0.15, 0.2) is 12.1 Å². The number of amides is 2. The molecule has 0 saturated carbocycles. The summed E-state index contributed by atoms with van der Waals surface area (Å²) in [7, 11) is 0. The van der Waals surface area contributed by atoms with Crippen LogP contribution in [0.25, 0.3) is 0 Å². The van der Waals surface area contributed by atoms with Crippen LogP contribution in [0.2, 0.25) is 0 Å². The fourth-order valence-electron chi connectivity index (χ4n) is 1.04. The van der Waals surface area contributed by atoms with Crippen molar-refractivity contribution < 1.29 is 22.8 Å². The van der Waals surface area contributed by atoms with E-state index in [1.807, 2.05) is 5.32 Å². The van der Waals surface area contributed by atoms with Crippen LogP contribution in [0, 0.1) is 17.5 Å². The Morgan fingerprint density at radius 2 is 1.78 bits per heavy atom. The highest BCUT2D eigenvalue weighted by molar-refractivity contribution is 6.27. The molecule has 0 aliphatic carbocycles. The van der Waals surface area contributed by atoms with E-state index in [4.69, 9.17) is 11.6 Å². The van der Waals surface area contributed by atoms with E-state index in [0.717, 1.165) is 6.07 Å². The molecule has 0 aliphatic heterocycles. The van der Waals surface area contributed by atoms with Crippen LogP contribution < -0.4 is 10.6 Å². The van der Waals surface area contributed by atoms with E-state index in [0.29, 0.717) is 6.07 Å². The maximum Gasteiger partial charge on any atom is 0.243 e. The van der Waals surface area contributed by atoms with Crippen molar-refractivity contribution in [1.82, 2.24) is 5.32 Å². The van der Waals surface area contributed by atoms with Gasteiger partial charge in [-0.05, 0) is 12.1 Å². The summed E-state index contributed by atoms with van der Waals surface area (Å²) < 4.78 is 38.6. The smallest absolute Gasteiger partial charge is 0.243 e. The Bertz CT molecular complexity index is 482. The first-order valence-corrected chi connectivity index (χ1v) is 5.25. The lowest BCUT2D eigenvalue weighted by atomic mass is 10.2. The lowest BCUT2D eigenvalue weighted by molar-refractivity contribution is -0.122. The Morgan fingerprint density at radius 3 is 2.39 bits per heavy atom. The molecule has 0 bridgehead atoms. The predicted octanol–water partition coefficient (Wildman–Crippen LogP) is 1.40. The first kappa shape index (κ1) is 14.3. The number of benzene rings is 1. The van der Waals surface area contributed by atoms with Crippen molar-refractivity contribution in [1.29, 1.82) is 0 Å². The molecule has 1 aromatic rings. The Morgan fingerprint density at radius 1 is 1.11 bits per heavy atom. The predicted molar refractivity (Wildman–Crippen MR) is 58.7 cm³/mol. The topological polar surface area (TPSA) is 58.2 Å². The summed E-state index contributed by atoms with van der Waals surface area (Å²) in [4.78, 5) is 22.0. The third-order valence-electron chi connectivity index (χ3n) is 1.88. The molecule has 8 heteroatoms. The number of halogens is 4. The fourth-order valence-corrected chi connectivity index (χ4v) is 1.14. The molecule has 0 spiro atoms. The molecular formula is C10H8ClF3N2O2. The van der Waals surface area contributed by atoms with E-state index in [9.17, 15) is 22.8 Å². The van der Waals surface area contributed by atoms with Crippen LogP contribution in [0.5, 0.6) is 0 Å². The molecule has 1 aromatic carbocycles. The maximum atomic E-state index is 13.1. The molecule has 0 radical (unpaired) electrons. The summed E-state index contributed by atoms with van der Waals surface area (Å²) >= 11 is 5.16. The highest BCUT2D eigenvalue weighted by Gasteiger charge is 2.15. The van der Waals surface area contributed by atoms with Gasteiger partial charge in [0.25, 0.3) is 0 Å². The van der Waals surface area contributed by atoms with Gasteiger partial charge in [-0.1, -0.05) is 0 Å². The first-order chi connectivity index (χ1) is 8.45. The zero-order valence-corrected chi connectivity index (χ0v) is 9.65. The van der Waals surface area contributed by atoms with Gasteiger partial charge in [-0.15, -0.1) is 11.6 Å². The zero-order chi connectivity index (χ0) is 13.7. The van der Waals surface area contributed by atoms with Crippen LogP contribution in [-0.4, -0.2) is 24.2 Å². The SMILES string of the molecule is O=C(CCl)NCC(=O)Nc1ccc(F)c(F)c1F. The second kappa shape index (κ2) is 6.25. The third kappa shape index (κ3) is 3.63. The second-order valence-corrected chi connectivity index (χ2v) is 3.45. The lowest BCUT2D eigenvalue weighted by Gasteiger charge is -2.07. The summed E-state index contributed by atoms with van der Waals surface area (Å²) in [5, 5.41) is 4.10. The molecule has 1 rings (SSSR count). The Hall–Kier alpha value is -1.76. The molecular weight excluding hydrogens is 273 g/mol. The minimum atomic E-state index is -1.68. The van der Waals surface area contributed by atoms with Crippen molar-refractivity contribution in [3.63, 3.8) is 0 Å². The van der Waals surface area contributed by atoms with Gasteiger partial charge < -0.3 is 10.6 Å². The van der Waals surface area contributed by atoms with Gasteiger partial charge in [-0.3, -0.25) is 9.59 Å². The van der Waals surface area contributed by atoms with Crippen LogP contribution >= 0.6 is 11.6 Å². The number of carbonyl (C=O) groups excluding carboxylic acids is 2. The highest BCUT2D eigenvalue weighted by atomic mass is 35.5. The summed E-state index contributed by atoms with van der Waals surface area (Å²) in [5.74, 6) is -6.26. The molecule has 2 amide bonds. The van der Waals surface area contributed by atoms with E-state index < -0.39 is 41.5 Å². The molecule has 0 aromatic heterocycles. The van der Waals surface area contributed by atoms with E-state index in [1.54, 1.807) is 0 Å². The lowest BCUT2D eigenvalue weighted by Crippen LogP contribution is -2.33. The van der Waals surface area contributed by atoms with Gasteiger partial charge in [0.05, 0.1) is 12.2 Å². The number of carbonyl (C=O) groups is 2. The van der Waals surface area contributed by atoms with E-state index in [2.05, 4.69) is 5.32 Å². The summed E-state index contributed by atoms with van der Waals surface area (Å²) in [6.07, 6.45) is 0. The largest absolute Gasteiger partial charge is 0.346 e. The summed E-state index contributed by atoms with van der Waals surface area (Å²) in [6.45, 7) is -0.454. The molecule has 0 unspecified atom stereocenters. The van der Waals surface area contributed by atoms with Crippen molar-refractivity contribution in [2.45, 2.75) is 0 Å². The Kier molecular flexibility index (Phi) is 4.96. The van der Waals surface area contributed by atoms with Crippen LogP contribution in [0.4, 0.5) is 18.9 Å². The van der Waals surface area contributed by atoms with Gasteiger partial charge in [0.1, 0.15) is 5.88 Å². The van der Waals surface area contributed by atoms with Crippen molar-refractivity contribution in [3.8, 4) is 0 Å². The monoisotopic (exact) mass is 280 g/mol. The van der Waals surface area contributed by atoms with Crippen LogP contribution in [0.3, 0.4) is 0 Å². The quantitative estimate of drug-likeness (QED) is 0.647. The Labute approximate surface area is 105 Å². The third-order valence-corrected chi connectivity index (χ3v) is 2.12.